The number of rotatable bonds is 3. The van der Waals surface area contributed by atoms with E-state index in [9.17, 15) is 4.39 Å². The molecule has 0 heterocycles. The van der Waals surface area contributed by atoms with Gasteiger partial charge in [-0.05, 0) is 42.2 Å². The lowest BCUT2D eigenvalue weighted by molar-refractivity contribution is 0.198. The Kier molecular flexibility index (Phi) is 3.55. The van der Waals surface area contributed by atoms with Crippen LogP contribution < -0.4 is 5.73 Å². The summed E-state index contributed by atoms with van der Waals surface area (Å²) in [7, 11) is 0. The standard InChI is InChI=1S/C13H18FNS/c1-3-9-10(7-12(9)15)8-4-5-13(16-2)11(14)6-8/h4-6,9-10,12H,3,7,15H2,1-2H3. The first-order valence-corrected chi connectivity index (χ1v) is 6.98. The Morgan fingerprint density at radius 2 is 2.25 bits per heavy atom. The average molecular weight is 239 g/mol. The van der Waals surface area contributed by atoms with E-state index in [1.54, 1.807) is 6.07 Å². The maximum absolute atomic E-state index is 13.6. The van der Waals surface area contributed by atoms with Gasteiger partial charge in [-0.2, -0.15) is 0 Å². The lowest BCUT2D eigenvalue weighted by Gasteiger charge is -2.42. The largest absolute Gasteiger partial charge is 0.327 e. The van der Waals surface area contributed by atoms with E-state index in [4.69, 9.17) is 5.73 Å². The zero-order valence-corrected chi connectivity index (χ0v) is 10.6. The SMILES string of the molecule is CCC1C(N)CC1c1ccc(SC)c(F)c1. The van der Waals surface area contributed by atoms with E-state index < -0.39 is 0 Å². The molecule has 1 aromatic rings. The predicted octanol–water partition coefficient (Wildman–Crippen LogP) is 3.39. The molecule has 0 saturated heterocycles. The molecule has 1 fully saturated rings. The van der Waals surface area contributed by atoms with Crippen molar-refractivity contribution in [2.45, 2.75) is 36.6 Å². The number of halogens is 1. The first-order chi connectivity index (χ1) is 7.67. The van der Waals surface area contributed by atoms with Gasteiger partial charge in [-0.3, -0.25) is 0 Å². The van der Waals surface area contributed by atoms with Crippen LogP contribution in [0.4, 0.5) is 4.39 Å². The van der Waals surface area contributed by atoms with Crippen LogP contribution in [0.2, 0.25) is 0 Å². The first kappa shape index (κ1) is 11.9. The molecule has 1 aromatic carbocycles. The van der Waals surface area contributed by atoms with Crippen molar-refractivity contribution in [3.63, 3.8) is 0 Å². The third-order valence-corrected chi connectivity index (χ3v) is 4.44. The molecule has 3 atom stereocenters. The summed E-state index contributed by atoms with van der Waals surface area (Å²) in [5.41, 5.74) is 7.07. The Labute approximate surface area is 101 Å². The minimum atomic E-state index is -0.0969. The van der Waals surface area contributed by atoms with Gasteiger partial charge in [0.25, 0.3) is 0 Å². The second-order valence-corrected chi connectivity index (χ2v) is 5.32. The topological polar surface area (TPSA) is 26.0 Å². The molecule has 1 aliphatic carbocycles. The van der Waals surface area contributed by atoms with Gasteiger partial charge >= 0.3 is 0 Å². The van der Waals surface area contributed by atoms with Crippen LogP contribution >= 0.6 is 11.8 Å². The highest BCUT2D eigenvalue weighted by atomic mass is 32.2. The zero-order chi connectivity index (χ0) is 11.7. The fraction of sp³-hybridized carbons (Fsp3) is 0.538. The predicted molar refractivity (Wildman–Crippen MR) is 67.3 cm³/mol. The molecule has 1 saturated carbocycles. The molecular weight excluding hydrogens is 221 g/mol. The Balaban J connectivity index is 2.19. The molecule has 88 valence electrons. The van der Waals surface area contributed by atoms with Gasteiger partial charge in [0.15, 0.2) is 0 Å². The molecule has 3 unspecified atom stereocenters. The summed E-state index contributed by atoms with van der Waals surface area (Å²) in [5.74, 6) is 0.894. The highest BCUT2D eigenvalue weighted by molar-refractivity contribution is 7.98. The van der Waals surface area contributed by atoms with Crippen LogP contribution in [0.1, 0.15) is 31.2 Å². The summed E-state index contributed by atoms with van der Waals surface area (Å²) in [5, 5.41) is 0. The summed E-state index contributed by atoms with van der Waals surface area (Å²) in [4.78, 5) is 0.723. The van der Waals surface area contributed by atoms with E-state index in [0.717, 1.165) is 23.3 Å². The molecule has 0 bridgehead atoms. The number of thioether (sulfide) groups is 1. The molecule has 0 spiro atoms. The van der Waals surface area contributed by atoms with E-state index in [-0.39, 0.29) is 5.82 Å². The van der Waals surface area contributed by atoms with Crippen LogP contribution in [-0.2, 0) is 0 Å². The number of hydrogen-bond acceptors (Lipinski definition) is 2. The number of hydrogen-bond donors (Lipinski definition) is 1. The van der Waals surface area contributed by atoms with E-state index in [2.05, 4.69) is 6.92 Å². The minimum Gasteiger partial charge on any atom is -0.327 e. The normalized spacial score (nSPS) is 28.9. The van der Waals surface area contributed by atoms with Crippen LogP contribution in [-0.4, -0.2) is 12.3 Å². The molecule has 3 heteroatoms. The van der Waals surface area contributed by atoms with Gasteiger partial charge in [-0.25, -0.2) is 4.39 Å². The van der Waals surface area contributed by atoms with Crippen molar-refractivity contribution in [2.24, 2.45) is 11.7 Å². The smallest absolute Gasteiger partial charge is 0.137 e. The fourth-order valence-corrected chi connectivity index (χ4v) is 3.09. The summed E-state index contributed by atoms with van der Waals surface area (Å²) in [6, 6.07) is 5.92. The first-order valence-electron chi connectivity index (χ1n) is 5.76. The van der Waals surface area contributed by atoms with Crippen molar-refractivity contribution in [3.8, 4) is 0 Å². The van der Waals surface area contributed by atoms with Crippen molar-refractivity contribution in [1.29, 1.82) is 0 Å². The van der Waals surface area contributed by atoms with Gasteiger partial charge in [-0.1, -0.05) is 19.4 Å². The maximum atomic E-state index is 13.6. The third-order valence-electron chi connectivity index (χ3n) is 3.67. The Bertz CT molecular complexity index is 380. The van der Waals surface area contributed by atoms with Gasteiger partial charge in [0.2, 0.25) is 0 Å². The van der Waals surface area contributed by atoms with Crippen molar-refractivity contribution >= 4 is 11.8 Å². The monoisotopic (exact) mass is 239 g/mol. The minimum absolute atomic E-state index is 0.0969. The summed E-state index contributed by atoms with van der Waals surface area (Å²) in [6.07, 6.45) is 3.97. The molecular formula is C13H18FNS. The lowest BCUT2D eigenvalue weighted by Crippen LogP contribution is -2.45. The maximum Gasteiger partial charge on any atom is 0.137 e. The van der Waals surface area contributed by atoms with Gasteiger partial charge in [-0.15, -0.1) is 11.8 Å². The van der Waals surface area contributed by atoms with Gasteiger partial charge in [0.05, 0.1) is 0 Å². The fourth-order valence-electron chi connectivity index (χ4n) is 2.63. The van der Waals surface area contributed by atoms with Crippen LogP contribution in [0, 0.1) is 11.7 Å². The molecule has 1 aliphatic rings. The van der Waals surface area contributed by atoms with E-state index in [1.807, 2.05) is 18.4 Å². The molecule has 16 heavy (non-hydrogen) atoms. The van der Waals surface area contributed by atoms with Gasteiger partial charge in [0.1, 0.15) is 5.82 Å². The number of benzene rings is 1. The van der Waals surface area contributed by atoms with Crippen molar-refractivity contribution in [3.05, 3.63) is 29.6 Å². The third kappa shape index (κ3) is 1.98. The Morgan fingerprint density at radius 1 is 1.50 bits per heavy atom. The molecule has 0 aliphatic heterocycles. The molecule has 0 radical (unpaired) electrons. The lowest BCUT2D eigenvalue weighted by atomic mass is 9.65. The highest BCUT2D eigenvalue weighted by Gasteiger charge is 2.38. The summed E-state index contributed by atoms with van der Waals surface area (Å²) in [6.45, 7) is 2.16. The second-order valence-electron chi connectivity index (χ2n) is 4.47. The average Bonchev–Trinajstić information content (AvgIpc) is 2.26. The van der Waals surface area contributed by atoms with Gasteiger partial charge in [0, 0.05) is 10.9 Å². The van der Waals surface area contributed by atoms with Crippen molar-refractivity contribution in [1.82, 2.24) is 0 Å². The van der Waals surface area contributed by atoms with Crippen LogP contribution in [0.5, 0.6) is 0 Å². The molecule has 1 nitrogen and oxygen atoms in total. The quantitative estimate of drug-likeness (QED) is 0.818. The Hall–Kier alpha value is -0.540. The van der Waals surface area contributed by atoms with E-state index >= 15 is 0 Å². The summed E-state index contributed by atoms with van der Waals surface area (Å²) >= 11 is 1.45. The van der Waals surface area contributed by atoms with Crippen molar-refractivity contribution < 1.29 is 4.39 Å². The summed E-state index contributed by atoms with van der Waals surface area (Å²) < 4.78 is 13.6. The van der Waals surface area contributed by atoms with E-state index in [1.165, 1.54) is 11.8 Å². The molecule has 2 rings (SSSR count). The highest BCUT2D eigenvalue weighted by Crippen LogP contribution is 2.44. The molecule has 2 N–H and O–H groups in total. The molecule has 0 aromatic heterocycles. The van der Waals surface area contributed by atoms with Crippen LogP contribution in [0.3, 0.4) is 0 Å². The zero-order valence-electron chi connectivity index (χ0n) is 9.74. The second kappa shape index (κ2) is 4.76. The van der Waals surface area contributed by atoms with Crippen LogP contribution in [0.25, 0.3) is 0 Å². The Morgan fingerprint density at radius 3 is 2.75 bits per heavy atom. The van der Waals surface area contributed by atoms with E-state index in [0.29, 0.717) is 17.9 Å². The van der Waals surface area contributed by atoms with Crippen molar-refractivity contribution in [2.75, 3.05) is 6.26 Å². The van der Waals surface area contributed by atoms with Crippen LogP contribution in [0.15, 0.2) is 23.1 Å². The number of nitrogens with two attached hydrogens (primary N) is 1. The molecule has 0 amide bonds. The van der Waals surface area contributed by atoms with Gasteiger partial charge < -0.3 is 5.73 Å².